The summed E-state index contributed by atoms with van der Waals surface area (Å²) in [7, 11) is 0. The number of carbonyl (C=O) groups excluding carboxylic acids is 1. The van der Waals surface area contributed by atoms with Crippen molar-refractivity contribution in [1.82, 2.24) is 9.97 Å². The number of nitrogens with zero attached hydrogens (tertiary/aromatic N) is 3. The van der Waals surface area contributed by atoms with E-state index in [2.05, 4.69) is 28.7 Å². The summed E-state index contributed by atoms with van der Waals surface area (Å²) in [6, 6.07) is 0. The molecule has 0 radical (unpaired) electrons. The van der Waals surface area contributed by atoms with Crippen LogP contribution in [-0.2, 0) is 4.74 Å². The molecule has 7 heteroatoms. The number of aryl methyl sites for hydroxylation is 1. The molecule has 0 saturated carbocycles. The van der Waals surface area contributed by atoms with Gasteiger partial charge in [-0.05, 0) is 32.3 Å². The summed E-state index contributed by atoms with van der Waals surface area (Å²) < 4.78 is 29.8. The summed E-state index contributed by atoms with van der Waals surface area (Å²) in [6.07, 6.45) is 4.00. The van der Waals surface area contributed by atoms with Crippen LogP contribution in [0.3, 0.4) is 0 Å². The normalized spacial score (nSPS) is 10.5. The molecule has 26 heavy (non-hydrogen) atoms. The van der Waals surface area contributed by atoms with Gasteiger partial charge in [0, 0.05) is 25.7 Å². The van der Waals surface area contributed by atoms with Crippen molar-refractivity contribution in [1.29, 1.82) is 0 Å². The van der Waals surface area contributed by atoms with Crippen molar-refractivity contribution >= 4 is 11.9 Å². The first kappa shape index (κ1) is 22.0. The molecule has 0 aliphatic carbocycles. The molecular weight excluding hydrogens is 340 g/mol. The van der Waals surface area contributed by atoms with Gasteiger partial charge >= 0.3 is 5.97 Å². The fourth-order valence-electron chi connectivity index (χ4n) is 2.29. The zero-order chi connectivity index (χ0) is 19.5. The smallest absolute Gasteiger partial charge is 0.341 e. The fourth-order valence-corrected chi connectivity index (χ4v) is 2.29. The molecule has 1 aromatic heterocycles. The Morgan fingerprint density at radius 3 is 2.31 bits per heavy atom. The molecule has 0 spiro atoms. The van der Waals surface area contributed by atoms with E-state index in [0.29, 0.717) is 11.6 Å². The summed E-state index contributed by atoms with van der Waals surface area (Å²) >= 11 is 0. The lowest BCUT2D eigenvalue weighted by atomic mass is 10.2. The number of ether oxygens (including phenoxy) is 1. The van der Waals surface area contributed by atoms with Crippen molar-refractivity contribution < 1.29 is 18.3 Å². The highest BCUT2D eigenvalue weighted by Crippen LogP contribution is 2.15. The number of rotatable bonds is 11. The monoisotopic (exact) mass is 369 g/mol. The molecule has 0 aliphatic heterocycles. The third-order valence-electron chi connectivity index (χ3n) is 4.07. The third-order valence-corrected chi connectivity index (χ3v) is 4.07. The second-order valence-corrected chi connectivity index (χ2v) is 6.29. The van der Waals surface area contributed by atoms with Crippen molar-refractivity contribution in [2.75, 3.05) is 24.6 Å². The van der Waals surface area contributed by atoms with Crippen LogP contribution >= 0.6 is 0 Å². The Kier molecular flexibility index (Phi) is 9.76. The maximum Gasteiger partial charge on any atom is 0.341 e. The third kappa shape index (κ3) is 7.06. The lowest BCUT2D eigenvalue weighted by Crippen LogP contribution is -2.28. The molecule has 0 saturated heterocycles. The zero-order valence-electron chi connectivity index (χ0n) is 16.1. The highest BCUT2D eigenvalue weighted by Gasteiger charge is 2.16. The molecule has 0 aliphatic rings. The van der Waals surface area contributed by atoms with E-state index in [4.69, 9.17) is 4.74 Å². The van der Waals surface area contributed by atoms with Crippen LogP contribution in [0.25, 0.3) is 0 Å². The molecule has 1 heterocycles. The first-order valence-corrected chi connectivity index (χ1v) is 9.17. The van der Waals surface area contributed by atoms with Crippen LogP contribution in [-0.4, -0.2) is 35.6 Å². The molecule has 0 atom stereocenters. The first-order chi connectivity index (χ1) is 12.4. The van der Waals surface area contributed by atoms with Crippen LogP contribution in [0.4, 0.5) is 14.7 Å². The maximum atomic E-state index is 12.4. The van der Waals surface area contributed by atoms with E-state index in [1.165, 1.54) is 13.1 Å². The van der Waals surface area contributed by atoms with Gasteiger partial charge in [0.05, 0.1) is 17.9 Å². The number of hydrogen-bond donors (Lipinski definition) is 0. The van der Waals surface area contributed by atoms with Gasteiger partial charge in [-0.25, -0.2) is 14.8 Å². The largest absolute Gasteiger partial charge is 0.462 e. The quantitative estimate of drug-likeness (QED) is 0.519. The van der Waals surface area contributed by atoms with Crippen molar-refractivity contribution in [3.8, 4) is 0 Å². The van der Waals surface area contributed by atoms with Crippen LogP contribution in [0.2, 0.25) is 0 Å². The Hall–Kier alpha value is -2.05. The van der Waals surface area contributed by atoms with Gasteiger partial charge in [-0.15, -0.1) is 0 Å². The summed E-state index contributed by atoms with van der Waals surface area (Å²) in [6.45, 7) is 8.96. The van der Waals surface area contributed by atoms with Crippen molar-refractivity contribution in [3.05, 3.63) is 29.1 Å². The van der Waals surface area contributed by atoms with E-state index < -0.39 is 12.0 Å². The Morgan fingerprint density at radius 2 is 1.81 bits per heavy atom. The van der Waals surface area contributed by atoms with Crippen LogP contribution in [0.15, 0.2) is 17.9 Å². The summed E-state index contributed by atoms with van der Waals surface area (Å²) in [5.41, 5.74) is 0.715. The molecule has 146 valence electrons. The van der Waals surface area contributed by atoms with Gasteiger partial charge in [-0.3, -0.25) is 0 Å². The Bertz CT molecular complexity index is 609. The minimum atomic E-state index is -1.73. The molecule has 0 aromatic carbocycles. The summed E-state index contributed by atoms with van der Waals surface area (Å²) in [5.74, 6) is 0.0222. The van der Waals surface area contributed by atoms with Gasteiger partial charge in [0.25, 0.3) is 6.08 Å². The molecule has 0 N–H and O–H groups in total. The average Bonchev–Trinajstić information content (AvgIpc) is 2.61. The topological polar surface area (TPSA) is 55.3 Å². The fraction of sp³-hybridized carbons (Fsp3) is 0.632. The number of aromatic nitrogens is 2. The standard InChI is InChI=1S/C19H29F2N3O2/c1-5-7-10-24(11-8-6-2)19-22-13-16(15(4)23-19)18(25)26-12-9-14(3)17(20)21/h13H,5-12H2,1-4H3. The van der Waals surface area contributed by atoms with Crippen molar-refractivity contribution in [3.63, 3.8) is 0 Å². The van der Waals surface area contributed by atoms with E-state index in [-0.39, 0.29) is 24.2 Å². The van der Waals surface area contributed by atoms with Gasteiger partial charge in [-0.1, -0.05) is 26.7 Å². The molecule has 0 unspecified atom stereocenters. The van der Waals surface area contributed by atoms with Gasteiger partial charge in [0.2, 0.25) is 5.95 Å². The van der Waals surface area contributed by atoms with Crippen LogP contribution < -0.4 is 4.90 Å². The van der Waals surface area contributed by atoms with Crippen LogP contribution in [0.1, 0.15) is 68.9 Å². The van der Waals surface area contributed by atoms with Gasteiger partial charge < -0.3 is 9.64 Å². The molecule has 1 aromatic rings. The highest BCUT2D eigenvalue weighted by atomic mass is 19.3. The second-order valence-electron chi connectivity index (χ2n) is 6.29. The number of unbranched alkanes of at least 4 members (excludes halogenated alkanes) is 2. The molecule has 5 nitrogen and oxygen atoms in total. The molecule has 1 rings (SSSR count). The van der Waals surface area contributed by atoms with Crippen LogP contribution in [0, 0.1) is 6.92 Å². The van der Waals surface area contributed by atoms with Gasteiger partial charge in [0.1, 0.15) is 0 Å². The molecule has 0 bridgehead atoms. The van der Waals surface area contributed by atoms with Gasteiger partial charge in [-0.2, -0.15) is 8.78 Å². The number of carbonyl (C=O) groups is 1. The predicted molar refractivity (Wildman–Crippen MR) is 98.6 cm³/mol. The van der Waals surface area contributed by atoms with Crippen LogP contribution in [0.5, 0.6) is 0 Å². The summed E-state index contributed by atoms with van der Waals surface area (Å²) in [4.78, 5) is 23.0. The molecule has 0 fully saturated rings. The number of esters is 1. The SMILES string of the molecule is CCCCN(CCCC)c1ncc(C(=O)OCCC(C)=C(F)F)c(C)n1. The highest BCUT2D eigenvalue weighted by molar-refractivity contribution is 5.90. The lowest BCUT2D eigenvalue weighted by molar-refractivity contribution is 0.0506. The predicted octanol–water partition coefficient (Wildman–Crippen LogP) is 4.91. The Labute approximate surface area is 154 Å². The minimum Gasteiger partial charge on any atom is -0.462 e. The number of hydrogen-bond acceptors (Lipinski definition) is 5. The van der Waals surface area contributed by atoms with E-state index in [1.807, 2.05) is 0 Å². The Balaban J connectivity index is 2.77. The minimum absolute atomic E-state index is 0.00781. The second kappa shape index (κ2) is 11.5. The first-order valence-electron chi connectivity index (χ1n) is 9.17. The summed E-state index contributed by atoms with van der Waals surface area (Å²) in [5, 5.41) is 0. The number of halogens is 2. The lowest BCUT2D eigenvalue weighted by Gasteiger charge is -2.22. The maximum absolute atomic E-state index is 12.4. The Morgan fingerprint density at radius 1 is 1.19 bits per heavy atom. The van der Waals surface area contributed by atoms with E-state index in [0.717, 1.165) is 38.8 Å². The number of anilines is 1. The van der Waals surface area contributed by atoms with Crippen molar-refractivity contribution in [2.45, 2.75) is 59.8 Å². The molecular formula is C19H29F2N3O2. The van der Waals surface area contributed by atoms with E-state index in [9.17, 15) is 13.6 Å². The van der Waals surface area contributed by atoms with E-state index >= 15 is 0 Å². The van der Waals surface area contributed by atoms with Crippen molar-refractivity contribution in [2.24, 2.45) is 0 Å². The zero-order valence-corrected chi connectivity index (χ0v) is 16.1. The van der Waals surface area contributed by atoms with Gasteiger partial charge in [0.15, 0.2) is 0 Å². The van der Waals surface area contributed by atoms with E-state index in [1.54, 1.807) is 6.92 Å². The average molecular weight is 369 g/mol. The molecule has 0 amide bonds.